The number of fused-ring (bicyclic) bond motifs is 1. The molecule has 2 unspecified atom stereocenters. The second-order valence-corrected chi connectivity index (χ2v) is 6.31. The van der Waals surface area contributed by atoms with Gasteiger partial charge in [0.15, 0.2) is 0 Å². The second-order valence-electron chi connectivity index (χ2n) is 4.82. The highest BCUT2D eigenvalue weighted by Gasteiger charge is 2.26. The summed E-state index contributed by atoms with van der Waals surface area (Å²) >= 11 is 7.69. The van der Waals surface area contributed by atoms with Gasteiger partial charge in [-0.05, 0) is 29.8 Å². The van der Waals surface area contributed by atoms with Crippen LogP contribution in [0.1, 0.15) is 5.56 Å². The second kappa shape index (κ2) is 6.08. The lowest BCUT2D eigenvalue weighted by atomic mass is 10.0. The van der Waals surface area contributed by atoms with Crippen LogP contribution in [0.5, 0.6) is 5.75 Å². The van der Waals surface area contributed by atoms with Gasteiger partial charge in [-0.3, -0.25) is 0 Å². The lowest BCUT2D eigenvalue weighted by Crippen LogP contribution is -2.37. The van der Waals surface area contributed by atoms with Gasteiger partial charge in [0.25, 0.3) is 0 Å². The number of ether oxygens (including phenoxy) is 1. The van der Waals surface area contributed by atoms with E-state index in [1.54, 1.807) is 11.8 Å². The van der Waals surface area contributed by atoms with Gasteiger partial charge in [0.1, 0.15) is 11.9 Å². The summed E-state index contributed by atoms with van der Waals surface area (Å²) in [4.78, 5) is 1.14. The molecule has 0 bridgehead atoms. The average Bonchev–Trinajstić information content (AvgIpc) is 2.47. The van der Waals surface area contributed by atoms with Crippen LogP contribution in [-0.2, 0) is 6.42 Å². The Morgan fingerprint density at radius 3 is 2.95 bits per heavy atom. The maximum absolute atomic E-state index is 10.4. The van der Waals surface area contributed by atoms with Crippen LogP contribution in [0.25, 0.3) is 0 Å². The molecule has 3 rings (SSSR count). The maximum Gasteiger partial charge on any atom is 0.134 e. The molecule has 0 aliphatic carbocycles. The van der Waals surface area contributed by atoms with E-state index in [4.69, 9.17) is 16.3 Å². The molecule has 0 fully saturated rings. The number of aliphatic hydroxyl groups is 1. The summed E-state index contributed by atoms with van der Waals surface area (Å²) in [5, 5.41) is 11.1. The molecule has 1 aliphatic rings. The van der Waals surface area contributed by atoms with Crippen LogP contribution in [0.2, 0.25) is 5.02 Å². The maximum atomic E-state index is 10.4. The third kappa shape index (κ3) is 3.11. The molecule has 0 saturated carbocycles. The third-order valence-electron chi connectivity index (χ3n) is 3.29. The summed E-state index contributed by atoms with van der Waals surface area (Å²) in [5.74, 6) is 1.62. The highest BCUT2D eigenvalue weighted by Crippen LogP contribution is 2.36. The molecule has 1 heterocycles. The van der Waals surface area contributed by atoms with Crippen LogP contribution >= 0.6 is 23.4 Å². The van der Waals surface area contributed by atoms with Gasteiger partial charge in [0.05, 0.1) is 6.10 Å². The first-order valence-electron chi connectivity index (χ1n) is 6.53. The third-order valence-corrected chi connectivity index (χ3v) is 4.67. The predicted octanol–water partition coefficient (Wildman–Crippen LogP) is 3.80. The lowest BCUT2D eigenvalue weighted by Gasteiger charge is -2.29. The summed E-state index contributed by atoms with van der Waals surface area (Å²) in [6, 6.07) is 15.5. The smallest absolute Gasteiger partial charge is 0.134 e. The largest absolute Gasteiger partial charge is 0.486 e. The number of halogens is 1. The molecule has 20 heavy (non-hydrogen) atoms. The normalized spacial score (nSPS) is 19.0. The Morgan fingerprint density at radius 2 is 2.10 bits per heavy atom. The molecule has 0 amide bonds. The molecule has 2 atom stereocenters. The fourth-order valence-corrected chi connectivity index (χ4v) is 3.54. The van der Waals surface area contributed by atoms with Gasteiger partial charge in [0.2, 0.25) is 0 Å². The summed E-state index contributed by atoms with van der Waals surface area (Å²) in [6.45, 7) is 0. The van der Waals surface area contributed by atoms with Crippen molar-refractivity contribution in [2.75, 3.05) is 5.75 Å². The van der Waals surface area contributed by atoms with Crippen molar-refractivity contribution in [2.24, 2.45) is 0 Å². The fraction of sp³-hybridized carbons (Fsp3) is 0.250. The van der Waals surface area contributed by atoms with Crippen LogP contribution in [0.15, 0.2) is 53.4 Å². The number of thioether (sulfide) groups is 1. The highest BCUT2D eigenvalue weighted by atomic mass is 35.5. The van der Waals surface area contributed by atoms with Crippen molar-refractivity contribution in [3.63, 3.8) is 0 Å². The molecule has 0 saturated heterocycles. The number of benzene rings is 2. The Morgan fingerprint density at radius 1 is 1.25 bits per heavy atom. The van der Waals surface area contributed by atoms with E-state index in [9.17, 15) is 5.11 Å². The molecule has 104 valence electrons. The van der Waals surface area contributed by atoms with E-state index < -0.39 is 6.10 Å². The number of para-hydroxylation sites is 1. The van der Waals surface area contributed by atoms with Gasteiger partial charge in [-0.25, -0.2) is 0 Å². The molecule has 2 nitrogen and oxygen atoms in total. The van der Waals surface area contributed by atoms with Gasteiger partial charge in [-0.15, -0.1) is 11.8 Å². The SMILES string of the molecule is OC(Cc1cccc(Cl)c1)C1CSc2ccccc2O1. The fourth-order valence-electron chi connectivity index (χ4n) is 2.26. The first kappa shape index (κ1) is 13.8. The first-order valence-corrected chi connectivity index (χ1v) is 7.90. The van der Waals surface area contributed by atoms with Crippen LogP contribution in [0, 0.1) is 0 Å². The number of aliphatic hydroxyl groups excluding tert-OH is 1. The number of hydrogen-bond acceptors (Lipinski definition) is 3. The predicted molar refractivity (Wildman–Crippen MR) is 82.7 cm³/mol. The van der Waals surface area contributed by atoms with E-state index >= 15 is 0 Å². The summed E-state index contributed by atoms with van der Waals surface area (Å²) in [6.07, 6.45) is -0.170. The van der Waals surface area contributed by atoms with Crippen molar-refractivity contribution in [3.05, 3.63) is 59.1 Å². The molecule has 0 spiro atoms. The van der Waals surface area contributed by atoms with E-state index in [1.807, 2.05) is 48.5 Å². The standard InChI is InChI=1S/C16H15ClO2S/c17-12-5-3-4-11(8-12)9-13(18)15-10-20-16-7-2-1-6-14(16)19-15/h1-8,13,15,18H,9-10H2. The van der Waals surface area contributed by atoms with Crippen LogP contribution in [0.4, 0.5) is 0 Å². The van der Waals surface area contributed by atoms with Crippen molar-refractivity contribution in [1.82, 2.24) is 0 Å². The van der Waals surface area contributed by atoms with Crippen molar-refractivity contribution >= 4 is 23.4 Å². The molecule has 0 aromatic heterocycles. The minimum atomic E-state index is -0.533. The molecule has 2 aromatic carbocycles. The number of hydrogen-bond donors (Lipinski definition) is 1. The molecular formula is C16H15ClO2S. The Bertz CT molecular complexity index is 603. The van der Waals surface area contributed by atoms with E-state index in [-0.39, 0.29) is 6.10 Å². The monoisotopic (exact) mass is 306 g/mol. The minimum absolute atomic E-state index is 0.186. The molecule has 2 aromatic rings. The van der Waals surface area contributed by atoms with Gasteiger partial charge >= 0.3 is 0 Å². The molecule has 1 aliphatic heterocycles. The zero-order valence-electron chi connectivity index (χ0n) is 10.8. The first-order chi connectivity index (χ1) is 9.72. The lowest BCUT2D eigenvalue weighted by molar-refractivity contribution is 0.0468. The van der Waals surface area contributed by atoms with Gasteiger partial charge in [-0.2, -0.15) is 0 Å². The van der Waals surface area contributed by atoms with Crippen LogP contribution in [0.3, 0.4) is 0 Å². The zero-order valence-corrected chi connectivity index (χ0v) is 12.4. The molecule has 4 heteroatoms. The van der Waals surface area contributed by atoms with Crippen molar-refractivity contribution in [2.45, 2.75) is 23.5 Å². The van der Waals surface area contributed by atoms with E-state index in [2.05, 4.69) is 0 Å². The van der Waals surface area contributed by atoms with Gasteiger partial charge in [0, 0.05) is 22.1 Å². The van der Waals surface area contributed by atoms with Crippen LogP contribution in [-0.4, -0.2) is 23.1 Å². The van der Waals surface area contributed by atoms with Crippen molar-refractivity contribution < 1.29 is 9.84 Å². The quantitative estimate of drug-likeness (QED) is 0.935. The Labute approximate surface area is 127 Å². The van der Waals surface area contributed by atoms with Gasteiger partial charge < -0.3 is 9.84 Å². The van der Waals surface area contributed by atoms with Crippen molar-refractivity contribution in [1.29, 1.82) is 0 Å². The van der Waals surface area contributed by atoms with Gasteiger partial charge in [-0.1, -0.05) is 35.9 Å². The number of rotatable bonds is 3. The van der Waals surface area contributed by atoms with E-state index in [0.717, 1.165) is 22.0 Å². The summed E-state index contributed by atoms with van der Waals surface area (Å²) < 4.78 is 5.89. The molecule has 0 radical (unpaired) electrons. The molecular weight excluding hydrogens is 292 g/mol. The zero-order chi connectivity index (χ0) is 13.9. The summed E-state index contributed by atoms with van der Waals surface area (Å²) in [5.41, 5.74) is 1.03. The van der Waals surface area contributed by atoms with Crippen molar-refractivity contribution in [3.8, 4) is 5.75 Å². The topological polar surface area (TPSA) is 29.5 Å². The Balaban J connectivity index is 1.68. The van der Waals surface area contributed by atoms with E-state index in [0.29, 0.717) is 11.4 Å². The molecule has 1 N–H and O–H groups in total. The minimum Gasteiger partial charge on any atom is -0.486 e. The van der Waals surface area contributed by atoms with Crippen LogP contribution < -0.4 is 4.74 Å². The summed E-state index contributed by atoms with van der Waals surface area (Å²) in [7, 11) is 0. The Kier molecular flexibility index (Phi) is 4.20. The Hall–Kier alpha value is -1.16. The van der Waals surface area contributed by atoms with E-state index in [1.165, 1.54) is 0 Å². The average molecular weight is 307 g/mol. The highest BCUT2D eigenvalue weighted by molar-refractivity contribution is 7.99.